The second-order valence-electron chi connectivity index (χ2n) is 8.51. The molecule has 1 atom stereocenters. The van der Waals surface area contributed by atoms with Crippen LogP contribution in [-0.4, -0.2) is 30.7 Å². The van der Waals surface area contributed by atoms with Gasteiger partial charge in [-0.2, -0.15) is 0 Å². The molecule has 0 bridgehead atoms. The van der Waals surface area contributed by atoms with E-state index < -0.39 is 11.7 Å². The standard InChI is InChI=1S/C26H28F3N3O2/c1-26(28,29)19-10-8-18(9-11-19)21-5-4-14-32(21)25-24(27)20(30-16-31-25)12-6-17-7-13-22(33-2)23(15-17)34-3/h7-11,13,15-16,21H,4-6,12,14H2,1-3H3. The van der Waals surface area contributed by atoms with Crippen LogP contribution in [0.5, 0.6) is 11.5 Å². The van der Waals surface area contributed by atoms with E-state index in [2.05, 4.69) is 9.97 Å². The summed E-state index contributed by atoms with van der Waals surface area (Å²) in [6.07, 6.45) is 4.02. The highest BCUT2D eigenvalue weighted by atomic mass is 19.3. The molecule has 1 aliphatic heterocycles. The topological polar surface area (TPSA) is 47.5 Å². The van der Waals surface area contributed by atoms with Gasteiger partial charge in [-0.1, -0.05) is 30.3 Å². The van der Waals surface area contributed by atoms with Crippen molar-refractivity contribution >= 4 is 5.82 Å². The van der Waals surface area contributed by atoms with Crippen LogP contribution in [0.3, 0.4) is 0 Å². The highest BCUT2D eigenvalue weighted by Gasteiger charge is 2.31. The van der Waals surface area contributed by atoms with Crippen molar-refractivity contribution in [2.45, 2.75) is 44.6 Å². The molecular formula is C26H28F3N3O2. The molecule has 1 aromatic heterocycles. The molecule has 0 aliphatic carbocycles. The minimum absolute atomic E-state index is 0.0357. The van der Waals surface area contributed by atoms with Crippen molar-refractivity contribution < 1.29 is 22.6 Å². The fourth-order valence-electron chi connectivity index (χ4n) is 4.43. The number of alkyl halides is 2. The van der Waals surface area contributed by atoms with Crippen molar-refractivity contribution in [3.63, 3.8) is 0 Å². The first-order chi connectivity index (χ1) is 16.3. The van der Waals surface area contributed by atoms with Crippen LogP contribution in [0.15, 0.2) is 48.8 Å². The number of aryl methyl sites for hydroxylation is 2. The third kappa shape index (κ3) is 4.95. The number of benzene rings is 2. The summed E-state index contributed by atoms with van der Waals surface area (Å²) >= 11 is 0. The Morgan fingerprint density at radius 3 is 2.41 bits per heavy atom. The van der Waals surface area contributed by atoms with Gasteiger partial charge in [0.1, 0.15) is 6.33 Å². The molecule has 8 heteroatoms. The van der Waals surface area contributed by atoms with Crippen LogP contribution >= 0.6 is 0 Å². The molecule has 34 heavy (non-hydrogen) atoms. The lowest BCUT2D eigenvalue weighted by Crippen LogP contribution is -2.25. The Morgan fingerprint density at radius 2 is 1.74 bits per heavy atom. The largest absolute Gasteiger partial charge is 0.493 e. The molecule has 2 heterocycles. The summed E-state index contributed by atoms with van der Waals surface area (Å²) in [7, 11) is 3.15. The van der Waals surface area contributed by atoms with E-state index in [1.807, 2.05) is 23.1 Å². The Morgan fingerprint density at radius 1 is 1.00 bits per heavy atom. The van der Waals surface area contributed by atoms with E-state index in [4.69, 9.17) is 9.47 Å². The summed E-state index contributed by atoms with van der Waals surface area (Å²) in [6, 6.07) is 11.8. The summed E-state index contributed by atoms with van der Waals surface area (Å²) < 4.78 is 53.3. The summed E-state index contributed by atoms with van der Waals surface area (Å²) in [5.41, 5.74) is 2.15. The first kappa shape index (κ1) is 23.9. The lowest BCUT2D eigenvalue weighted by atomic mass is 10.0. The Labute approximate surface area is 197 Å². The highest BCUT2D eigenvalue weighted by molar-refractivity contribution is 5.47. The van der Waals surface area contributed by atoms with Crippen molar-refractivity contribution in [1.29, 1.82) is 0 Å². The number of aromatic nitrogens is 2. The number of rotatable bonds is 8. The van der Waals surface area contributed by atoms with Gasteiger partial charge in [-0.15, -0.1) is 0 Å². The van der Waals surface area contributed by atoms with Gasteiger partial charge < -0.3 is 14.4 Å². The molecule has 1 saturated heterocycles. The molecular weight excluding hydrogens is 443 g/mol. The second-order valence-corrected chi connectivity index (χ2v) is 8.51. The maximum atomic E-state index is 15.5. The summed E-state index contributed by atoms with van der Waals surface area (Å²) in [5, 5.41) is 0. The molecule has 3 aromatic rings. The number of halogens is 3. The smallest absolute Gasteiger partial charge is 0.270 e. The molecule has 0 spiro atoms. The number of nitrogens with zero attached hydrogens (tertiary/aromatic N) is 3. The molecule has 0 N–H and O–H groups in total. The Bertz CT molecular complexity index is 1130. The lowest BCUT2D eigenvalue weighted by molar-refractivity contribution is 0.0174. The second kappa shape index (κ2) is 9.91. The predicted octanol–water partition coefficient (Wildman–Crippen LogP) is 5.87. The Balaban J connectivity index is 1.53. The summed E-state index contributed by atoms with van der Waals surface area (Å²) in [5.74, 6) is -1.82. The normalized spacial score (nSPS) is 16.1. The fourth-order valence-corrected chi connectivity index (χ4v) is 4.43. The van der Waals surface area contributed by atoms with Gasteiger partial charge in [0.25, 0.3) is 5.92 Å². The van der Waals surface area contributed by atoms with E-state index in [0.29, 0.717) is 36.6 Å². The van der Waals surface area contributed by atoms with Crippen molar-refractivity contribution in [1.82, 2.24) is 9.97 Å². The molecule has 180 valence electrons. The number of methoxy groups -OCH3 is 2. The van der Waals surface area contributed by atoms with E-state index in [-0.39, 0.29) is 17.4 Å². The van der Waals surface area contributed by atoms with Crippen LogP contribution in [-0.2, 0) is 18.8 Å². The van der Waals surface area contributed by atoms with E-state index in [1.165, 1.54) is 18.5 Å². The van der Waals surface area contributed by atoms with Crippen LogP contribution < -0.4 is 14.4 Å². The Hall–Kier alpha value is -3.29. The van der Waals surface area contributed by atoms with E-state index >= 15 is 4.39 Å². The van der Waals surface area contributed by atoms with Crippen molar-refractivity contribution in [3.8, 4) is 11.5 Å². The maximum Gasteiger partial charge on any atom is 0.270 e. The van der Waals surface area contributed by atoms with E-state index in [1.54, 1.807) is 26.4 Å². The third-order valence-corrected chi connectivity index (χ3v) is 6.27. The van der Waals surface area contributed by atoms with Gasteiger partial charge in [-0.25, -0.2) is 23.1 Å². The molecule has 1 fully saturated rings. The molecule has 0 amide bonds. The average Bonchev–Trinajstić information content (AvgIpc) is 3.32. The van der Waals surface area contributed by atoms with Crippen LogP contribution in [0.4, 0.5) is 19.0 Å². The minimum atomic E-state index is -2.89. The fraction of sp³-hybridized carbons (Fsp3) is 0.385. The summed E-state index contributed by atoms with van der Waals surface area (Å²) in [4.78, 5) is 10.3. The molecule has 0 saturated carbocycles. The first-order valence-corrected chi connectivity index (χ1v) is 11.3. The van der Waals surface area contributed by atoms with Crippen LogP contribution in [0.2, 0.25) is 0 Å². The SMILES string of the molecule is COc1ccc(CCc2ncnc(N3CCCC3c3ccc(C(C)(F)F)cc3)c2F)cc1OC. The number of ether oxygens (including phenoxy) is 2. The molecule has 5 nitrogen and oxygen atoms in total. The minimum Gasteiger partial charge on any atom is -0.493 e. The van der Waals surface area contributed by atoms with Crippen LogP contribution in [0.25, 0.3) is 0 Å². The lowest BCUT2D eigenvalue weighted by Gasteiger charge is -2.27. The van der Waals surface area contributed by atoms with Crippen molar-refractivity contribution in [2.75, 3.05) is 25.7 Å². The molecule has 0 radical (unpaired) electrons. The van der Waals surface area contributed by atoms with E-state index in [0.717, 1.165) is 30.9 Å². The Kier molecular flexibility index (Phi) is 6.95. The monoisotopic (exact) mass is 471 g/mol. The van der Waals surface area contributed by atoms with Crippen LogP contribution in [0, 0.1) is 5.82 Å². The van der Waals surface area contributed by atoms with Crippen molar-refractivity contribution in [3.05, 3.63) is 77.0 Å². The molecule has 4 rings (SSSR count). The zero-order chi connectivity index (χ0) is 24.3. The molecule has 1 aliphatic rings. The van der Waals surface area contributed by atoms with Gasteiger partial charge in [0.15, 0.2) is 23.1 Å². The maximum absolute atomic E-state index is 15.5. The average molecular weight is 472 g/mol. The number of anilines is 1. The van der Waals surface area contributed by atoms with Gasteiger partial charge in [0.2, 0.25) is 0 Å². The highest BCUT2D eigenvalue weighted by Crippen LogP contribution is 2.38. The zero-order valence-corrected chi connectivity index (χ0v) is 19.5. The van der Waals surface area contributed by atoms with Crippen LogP contribution in [0.1, 0.15) is 48.2 Å². The quantitative estimate of drug-likeness (QED) is 0.411. The third-order valence-electron chi connectivity index (χ3n) is 6.27. The molecule has 2 aromatic carbocycles. The van der Waals surface area contributed by atoms with Gasteiger partial charge in [-0.05, 0) is 48.9 Å². The number of hydrogen-bond acceptors (Lipinski definition) is 5. The van der Waals surface area contributed by atoms with Gasteiger partial charge in [-0.3, -0.25) is 0 Å². The molecule has 1 unspecified atom stereocenters. The number of hydrogen-bond donors (Lipinski definition) is 0. The van der Waals surface area contributed by atoms with Gasteiger partial charge in [0, 0.05) is 19.0 Å². The van der Waals surface area contributed by atoms with Crippen molar-refractivity contribution in [2.24, 2.45) is 0 Å². The first-order valence-electron chi connectivity index (χ1n) is 11.3. The van der Waals surface area contributed by atoms with Gasteiger partial charge in [0.05, 0.1) is 26.0 Å². The predicted molar refractivity (Wildman–Crippen MR) is 124 cm³/mol. The van der Waals surface area contributed by atoms with Gasteiger partial charge >= 0.3 is 0 Å². The van der Waals surface area contributed by atoms with E-state index in [9.17, 15) is 8.78 Å². The summed E-state index contributed by atoms with van der Waals surface area (Å²) in [6.45, 7) is 1.52. The zero-order valence-electron chi connectivity index (χ0n) is 19.5.